The topological polar surface area (TPSA) is 41.6 Å². The molecule has 1 heterocycles. The molecule has 0 unspecified atom stereocenters. The van der Waals surface area contributed by atoms with E-state index in [4.69, 9.17) is 4.74 Å². The van der Waals surface area contributed by atoms with Crippen molar-refractivity contribution in [3.63, 3.8) is 0 Å². The summed E-state index contributed by atoms with van der Waals surface area (Å²) in [7, 11) is 0. The minimum atomic E-state index is 0. The molecule has 1 N–H and O–H groups in total. The van der Waals surface area contributed by atoms with Crippen molar-refractivity contribution in [2.45, 2.75) is 59.4 Å². The monoisotopic (exact) mass is 368 g/mol. The van der Waals surface area contributed by atoms with Crippen LogP contribution in [0.25, 0.3) is 0 Å². The molecule has 0 saturated carbocycles. The first-order chi connectivity index (χ1) is 11.5. The number of nitrogens with one attached hydrogen (secondary N) is 1. The number of benzene rings is 1. The van der Waals surface area contributed by atoms with E-state index in [-0.39, 0.29) is 18.3 Å². The van der Waals surface area contributed by atoms with E-state index in [2.05, 4.69) is 50.0 Å². The van der Waals surface area contributed by atoms with Gasteiger partial charge in [0.15, 0.2) is 0 Å². The summed E-state index contributed by atoms with van der Waals surface area (Å²) in [5.41, 5.74) is 3.59. The first-order valence-electron chi connectivity index (χ1n) is 9.23. The first-order valence-corrected chi connectivity index (χ1v) is 9.23. The smallest absolute Gasteiger partial charge is 0.226 e. The maximum atomic E-state index is 12.7. The molecule has 1 aromatic carbocycles. The van der Waals surface area contributed by atoms with E-state index in [1.807, 2.05) is 0 Å². The van der Waals surface area contributed by atoms with E-state index in [9.17, 15) is 4.79 Å². The Morgan fingerprint density at radius 1 is 1.24 bits per heavy atom. The highest BCUT2D eigenvalue weighted by Gasteiger charge is 2.24. The van der Waals surface area contributed by atoms with Crippen molar-refractivity contribution in [1.82, 2.24) is 10.2 Å². The summed E-state index contributed by atoms with van der Waals surface area (Å²) in [6.45, 7) is 11.7. The molecule has 25 heavy (non-hydrogen) atoms. The van der Waals surface area contributed by atoms with Gasteiger partial charge in [0.05, 0.1) is 13.0 Å². The molecule has 0 atom stereocenters. The van der Waals surface area contributed by atoms with Gasteiger partial charge in [-0.05, 0) is 75.9 Å². The maximum absolute atomic E-state index is 12.7. The average molecular weight is 369 g/mol. The Morgan fingerprint density at radius 3 is 2.56 bits per heavy atom. The second kappa shape index (κ2) is 10.7. The summed E-state index contributed by atoms with van der Waals surface area (Å²) in [4.78, 5) is 14.7. The number of ether oxygens (including phenoxy) is 1. The van der Waals surface area contributed by atoms with Crippen LogP contribution in [0.5, 0.6) is 5.75 Å². The number of piperidine rings is 1. The molecule has 1 amide bonds. The molecule has 1 fully saturated rings. The second-order valence-electron chi connectivity index (χ2n) is 6.87. The molecule has 1 saturated heterocycles. The molecule has 0 bridgehead atoms. The van der Waals surface area contributed by atoms with Crippen LogP contribution in [0.15, 0.2) is 12.1 Å². The molecule has 1 aliphatic rings. The molecular formula is C20H33ClN2O2. The molecule has 0 aliphatic carbocycles. The fourth-order valence-electron chi connectivity index (χ4n) is 3.41. The summed E-state index contributed by atoms with van der Waals surface area (Å²) in [5.74, 6) is 1.13. The van der Waals surface area contributed by atoms with Gasteiger partial charge in [-0.2, -0.15) is 0 Å². The van der Waals surface area contributed by atoms with Gasteiger partial charge in [-0.1, -0.05) is 13.0 Å². The molecule has 5 heteroatoms. The van der Waals surface area contributed by atoms with Crippen LogP contribution < -0.4 is 10.1 Å². The van der Waals surface area contributed by atoms with Gasteiger partial charge in [-0.15, -0.1) is 12.4 Å². The summed E-state index contributed by atoms with van der Waals surface area (Å²) in [5, 5.41) is 3.37. The van der Waals surface area contributed by atoms with Gasteiger partial charge in [0.1, 0.15) is 5.75 Å². The Bertz CT molecular complexity index is 557. The Balaban J connectivity index is 0.00000312. The Labute approximate surface area is 158 Å². The average Bonchev–Trinajstić information content (AvgIpc) is 2.57. The number of halogens is 1. The highest BCUT2D eigenvalue weighted by molar-refractivity contribution is 5.85. The molecule has 0 spiro atoms. The largest absolute Gasteiger partial charge is 0.493 e. The summed E-state index contributed by atoms with van der Waals surface area (Å²) in [6.07, 6.45) is 3.58. The van der Waals surface area contributed by atoms with E-state index in [1.165, 1.54) is 11.1 Å². The lowest BCUT2D eigenvalue weighted by molar-refractivity contribution is -0.134. The zero-order chi connectivity index (χ0) is 17.5. The van der Waals surface area contributed by atoms with Crippen molar-refractivity contribution >= 4 is 18.3 Å². The highest BCUT2D eigenvalue weighted by atomic mass is 35.5. The van der Waals surface area contributed by atoms with Gasteiger partial charge < -0.3 is 15.0 Å². The van der Waals surface area contributed by atoms with Crippen LogP contribution in [0, 0.1) is 20.8 Å². The predicted molar refractivity (Wildman–Crippen MR) is 106 cm³/mol. The number of carbonyl (C=O) groups excluding carboxylic acids is 1. The molecule has 4 nitrogen and oxygen atoms in total. The Kier molecular flexibility index (Phi) is 9.30. The van der Waals surface area contributed by atoms with Crippen LogP contribution in [0.2, 0.25) is 0 Å². The van der Waals surface area contributed by atoms with Crippen molar-refractivity contribution in [3.05, 3.63) is 28.8 Å². The number of carbonyl (C=O) groups is 1. The van der Waals surface area contributed by atoms with Crippen molar-refractivity contribution in [3.8, 4) is 5.75 Å². The summed E-state index contributed by atoms with van der Waals surface area (Å²) in [6, 6.07) is 4.61. The minimum absolute atomic E-state index is 0. The summed E-state index contributed by atoms with van der Waals surface area (Å²) < 4.78 is 5.92. The van der Waals surface area contributed by atoms with E-state index >= 15 is 0 Å². The van der Waals surface area contributed by atoms with Crippen LogP contribution in [-0.4, -0.2) is 43.1 Å². The fourth-order valence-corrected chi connectivity index (χ4v) is 3.41. The Morgan fingerprint density at radius 2 is 1.92 bits per heavy atom. The van der Waals surface area contributed by atoms with Gasteiger partial charge in [0.25, 0.3) is 0 Å². The van der Waals surface area contributed by atoms with Gasteiger partial charge in [-0.25, -0.2) is 0 Å². The predicted octanol–water partition coefficient (Wildman–Crippen LogP) is 3.79. The van der Waals surface area contributed by atoms with Crippen molar-refractivity contribution in [2.75, 3.05) is 26.2 Å². The third-order valence-corrected chi connectivity index (χ3v) is 4.87. The van der Waals surface area contributed by atoms with Crippen LogP contribution in [0.3, 0.4) is 0 Å². The van der Waals surface area contributed by atoms with E-state index in [0.717, 1.165) is 50.2 Å². The second-order valence-corrected chi connectivity index (χ2v) is 6.87. The van der Waals surface area contributed by atoms with Crippen molar-refractivity contribution < 1.29 is 9.53 Å². The van der Waals surface area contributed by atoms with Crippen LogP contribution in [-0.2, 0) is 4.79 Å². The van der Waals surface area contributed by atoms with Crippen LogP contribution in [0.1, 0.15) is 49.3 Å². The van der Waals surface area contributed by atoms with Gasteiger partial charge in [0.2, 0.25) is 5.91 Å². The van der Waals surface area contributed by atoms with Gasteiger partial charge in [0, 0.05) is 12.6 Å². The lowest BCUT2D eigenvalue weighted by Crippen LogP contribution is -2.46. The number of aryl methyl sites for hydroxylation is 2. The van der Waals surface area contributed by atoms with Crippen molar-refractivity contribution in [2.24, 2.45) is 0 Å². The third-order valence-electron chi connectivity index (χ3n) is 4.87. The molecule has 142 valence electrons. The zero-order valence-corrected chi connectivity index (χ0v) is 16.9. The van der Waals surface area contributed by atoms with E-state index in [1.54, 1.807) is 0 Å². The zero-order valence-electron chi connectivity index (χ0n) is 16.1. The molecule has 0 radical (unpaired) electrons. The number of hydrogen-bond donors (Lipinski definition) is 1. The van der Waals surface area contributed by atoms with Gasteiger partial charge >= 0.3 is 0 Å². The molecule has 2 rings (SSSR count). The quantitative estimate of drug-likeness (QED) is 0.796. The van der Waals surface area contributed by atoms with E-state index in [0.29, 0.717) is 19.1 Å². The number of rotatable bonds is 7. The van der Waals surface area contributed by atoms with Crippen LogP contribution >= 0.6 is 12.4 Å². The normalized spacial score (nSPS) is 14.7. The lowest BCUT2D eigenvalue weighted by Gasteiger charge is -2.34. The molecular weight excluding hydrogens is 336 g/mol. The van der Waals surface area contributed by atoms with Crippen LogP contribution in [0.4, 0.5) is 0 Å². The minimum Gasteiger partial charge on any atom is -0.493 e. The third kappa shape index (κ3) is 6.19. The molecule has 1 aromatic rings. The fraction of sp³-hybridized carbons (Fsp3) is 0.650. The first kappa shape index (κ1) is 21.8. The molecule has 1 aliphatic heterocycles. The van der Waals surface area contributed by atoms with Gasteiger partial charge in [-0.3, -0.25) is 4.79 Å². The standard InChI is InChI=1S/C20H32N2O2.ClH/c1-5-11-22(18-6-9-21-10-7-18)20(23)8-12-24-19-14-15(2)13-16(3)17(19)4;/h13-14,18,21H,5-12H2,1-4H3;1H. The van der Waals surface area contributed by atoms with Crippen molar-refractivity contribution in [1.29, 1.82) is 0 Å². The maximum Gasteiger partial charge on any atom is 0.226 e. The SMILES string of the molecule is CCCN(C(=O)CCOc1cc(C)cc(C)c1C)C1CCNCC1.Cl. The Hall–Kier alpha value is -1.26. The molecule has 0 aromatic heterocycles. The van der Waals surface area contributed by atoms with E-state index < -0.39 is 0 Å². The number of amides is 1. The highest BCUT2D eigenvalue weighted by Crippen LogP contribution is 2.23. The lowest BCUT2D eigenvalue weighted by atomic mass is 10.0. The number of hydrogen-bond acceptors (Lipinski definition) is 3. The summed E-state index contributed by atoms with van der Waals surface area (Å²) >= 11 is 0. The number of nitrogens with zero attached hydrogens (tertiary/aromatic N) is 1.